The summed E-state index contributed by atoms with van der Waals surface area (Å²) in [5.41, 5.74) is 1.29. The highest BCUT2D eigenvalue weighted by Gasteiger charge is 2.09. The lowest BCUT2D eigenvalue weighted by atomic mass is 10.2. The second-order valence-electron chi connectivity index (χ2n) is 5.43. The van der Waals surface area contributed by atoms with Gasteiger partial charge in [0.2, 0.25) is 0 Å². The van der Waals surface area contributed by atoms with Crippen LogP contribution in [0.5, 0.6) is 5.75 Å². The Bertz CT molecular complexity index is 900. The van der Waals surface area contributed by atoms with Crippen LogP contribution in [0, 0.1) is 5.82 Å². The molecule has 26 heavy (non-hydrogen) atoms. The van der Waals surface area contributed by atoms with Gasteiger partial charge in [0, 0.05) is 23.9 Å². The number of methoxy groups -OCH3 is 1. The summed E-state index contributed by atoms with van der Waals surface area (Å²) in [6.07, 6.45) is 0. The average Bonchev–Trinajstić information content (AvgIpc) is 2.68. The van der Waals surface area contributed by atoms with Crippen LogP contribution in [0.2, 0.25) is 0 Å². The molecule has 2 aromatic carbocycles. The molecule has 1 heterocycles. The summed E-state index contributed by atoms with van der Waals surface area (Å²) in [7, 11) is 1.56. The van der Waals surface area contributed by atoms with Crippen molar-refractivity contribution >= 4 is 17.4 Å². The van der Waals surface area contributed by atoms with Crippen molar-refractivity contribution in [3.63, 3.8) is 0 Å². The molecule has 132 valence electrons. The number of hydrogen-bond donors (Lipinski definition) is 2. The van der Waals surface area contributed by atoms with E-state index in [-0.39, 0.29) is 24.0 Å². The molecule has 0 bridgehead atoms. The maximum Gasteiger partial charge on any atom is 0.276 e. The van der Waals surface area contributed by atoms with Crippen molar-refractivity contribution in [1.29, 1.82) is 0 Å². The van der Waals surface area contributed by atoms with Crippen LogP contribution in [-0.2, 0) is 6.54 Å². The number of amides is 1. The lowest BCUT2D eigenvalue weighted by Gasteiger charge is -2.08. The van der Waals surface area contributed by atoms with Crippen LogP contribution in [0.15, 0.2) is 60.7 Å². The zero-order valence-electron chi connectivity index (χ0n) is 14.1. The number of benzene rings is 2. The highest BCUT2D eigenvalue weighted by Crippen LogP contribution is 2.17. The van der Waals surface area contributed by atoms with Crippen molar-refractivity contribution in [2.24, 2.45) is 0 Å². The van der Waals surface area contributed by atoms with Gasteiger partial charge in [0.05, 0.1) is 7.11 Å². The fourth-order valence-electron chi connectivity index (χ4n) is 2.27. The number of aromatic nitrogens is 2. The molecule has 0 aliphatic rings. The van der Waals surface area contributed by atoms with Crippen molar-refractivity contribution in [3.8, 4) is 5.75 Å². The Hall–Kier alpha value is -3.48. The molecule has 0 saturated heterocycles. The minimum atomic E-state index is -0.383. The van der Waals surface area contributed by atoms with E-state index >= 15 is 0 Å². The van der Waals surface area contributed by atoms with E-state index in [9.17, 15) is 9.18 Å². The van der Waals surface area contributed by atoms with Crippen LogP contribution in [0.3, 0.4) is 0 Å². The maximum atomic E-state index is 13.6. The maximum absolute atomic E-state index is 13.6. The molecule has 0 aliphatic carbocycles. The van der Waals surface area contributed by atoms with Gasteiger partial charge in [-0.05, 0) is 30.3 Å². The number of hydrogen-bond acceptors (Lipinski definition) is 5. The first-order valence-corrected chi connectivity index (χ1v) is 7.92. The second kappa shape index (κ2) is 8.06. The smallest absolute Gasteiger partial charge is 0.276 e. The molecule has 0 spiro atoms. The van der Waals surface area contributed by atoms with E-state index in [1.54, 1.807) is 61.7 Å². The third kappa shape index (κ3) is 4.32. The summed E-state index contributed by atoms with van der Waals surface area (Å²) < 4.78 is 18.7. The van der Waals surface area contributed by atoms with Gasteiger partial charge in [-0.1, -0.05) is 24.3 Å². The average molecular weight is 352 g/mol. The number of halogens is 1. The number of nitrogens with zero attached hydrogens (tertiary/aromatic N) is 2. The molecular formula is C19H17FN4O2. The van der Waals surface area contributed by atoms with Gasteiger partial charge in [-0.2, -0.15) is 0 Å². The van der Waals surface area contributed by atoms with Gasteiger partial charge in [0.15, 0.2) is 5.69 Å². The largest absolute Gasteiger partial charge is 0.497 e. The minimum Gasteiger partial charge on any atom is -0.497 e. The van der Waals surface area contributed by atoms with Crippen molar-refractivity contribution in [3.05, 3.63) is 77.7 Å². The SMILES string of the molecule is COc1cccc(NC(=O)c2ccc(NCc3ccccc3F)nn2)c1. The molecule has 1 aromatic heterocycles. The Kier molecular flexibility index (Phi) is 5.38. The van der Waals surface area contributed by atoms with Crippen LogP contribution < -0.4 is 15.4 Å². The number of nitrogens with one attached hydrogen (secondary N) is 2. The Morgan fingerprint density at radius 3 is 2.65 bits per heavy atom. The number of carbonyl (C=O) groups excluding carboxylic acids is 1. The van der Waals surface area contributed by atoms with Crippen molar-refractivity contribution < 1.29 is 13.9 Å². The monoisotopic (exact) mass is 352 g/mol. The molecule has 0 radical (unpaired) electrons. The van der Waals surface area contributed by atoms with E-state index in [2.05, 4.69) is 20.8 Å². The Labute approximate surface area is 150 Å². The topological polar surface area (TPSA) is 76.1 Å². The molecule has 3 rings (SSSR count). The van der Waals surface area contributed by atoms with Gasteiger partial charge >= 0.3 is 0 Å². The quantitative estimate of drug-likeness (QED) is 0.710. The van der Waals surface area contributed by atoms with E-state index in [0.717, 1.165) is 0 Å². The van der Waals surface area contributed by atoms with Gasteiger partial charge in [-0.3, -0.25) is 4.79 Å². The molecule has 0 aliphatic heterocycles. The molecule has 0 atom stereocenters. The molecule has 1 amide bonds. The first-order valence-electron chi connectivity index (χ1n) is 7.92. The molecular weight excluding hydrogens is 335 g/mol. The van der Waals surface area contributed by atoms with E-state index in [0.29, 0.717) is 22.8 Å². The summed E-state index contributed by atoms with van der Waals surface area (Å²) in [4.78, 5) is 12.2. The van der Waals surface area contributed by atoms with Crippen molar-refractivity contribution in [2.75, 3.05) is 17.7 Å². The van der Waals surface area contributed by atoms with E-state index in [4.69, 9.17) is 4.74 Å². The highest BCUT2D eigenvalue weighted by molar-refractivity contribution is 6.02. The van der Waals surface area contributed by atoms with Gasteiger partial charge in [0.1, 0.15) is 17.4 Å². The highest BCUT2D eigenvalue weighted by atomic mass is 19.1. The second-order valence-corrected chi connectivity index (χ2v) is 5.43. The van der Waals surface area contributed by atoms with Crippen molar-refractivity contribution in [2.45, 2.75) is 6.54 Å². The number of rotatable bonds is 6. The minimum absolute atomic E-state index is 0.171. The van der Waals surface area contributed by atoms with Crippen LogP contribution in [-0.4, -0.2) is 23.2 Å². The molecule has 0 fully saturated rings. The van der Waals surface area contributed by atoms with Crippen molar-refractivity contribution in [1.82, 2.24) is 10.2 Å². The number of anilines is 2. The molecule has 7 heteroatoms. The Balaban J connectivity index is 1.61. The molecule has 2 N–H and O–H groups in total. The van der Waals surface area contributed by atoms with Gasteiger partial charge in [-0.25, -0.2) is 4.39 Å². The third-order valence-corrected chi connectivity index (χ3v) is 3.64. The first kappa shape index (κ1) is 17.3. The predicted molar refractivity (Wildman–Crippen MR) is 96.7 cm³/mol. The van der Waals surface area contributed by atoms with E-state index < -0.39 is 0 Å². The lowest BCUT2D eigenvalue weighted by molar-refractivity contribution is 0.102. The molecule has 6 nitrogen and oxygen atoms in total. The lowest BCUT2D eigenvalue weighted by Crippen LogP contribution is -2.15. The first-order chi connectivity index (χ1) is 12.7. The predicted octanol–water partition coefficient (Wildman–Crippen LogP) is 3.49. The van der Waals surface area contributed by atoms with Crippen LogP contribution >= 0.6 is 0 Å². The van der Waals surface area contributed by atoms with E-state index in [1.807, 2.05) is 0 Å². The third-order valence-electron chi connectivity index (χ3n) is 3.64. The van der Waals surface area contributed by atoms with Gasteiger partial charge < -0.3 is 15.4 Å². The summed E-state index contributed by atoms with van der Waals surface area (Å²) in [5, 5.41) is 13.6. The fraction of sp³-hybridized carbons (Fsp3) is 0.105. The number of ether oxygens (including phenoxy) is 1. The van der Waals surface area contributed by atoms with Crippen LogP contribution in [0.25, 0.3) is 0 Å². The summed E-state index contributed by atoms with van der Waals surface area (Å²) in [5.74, 6) is 0.418. The normalized spacial score (nSPS) is 10.2. The fourth-order valence-corrected chi connectivity index (χ4v) is 2.27. The Morgan fingerprint density at radius 1 is 1.08 bits per heavy atom. The molecule has 3 aromatic rings. The summed E-state index contributed by atoms with van der Waals surface area (Å²) in [6.45, 7) is 0.275. The summed E-state index contributed by atoms with van der Waals surface area (Å²) >= 11 is 0. The van der Waals surface area contributed by atoms with Crippen LogP contribution in [0.4, 0.5) is 15.9 Å². The van der Waals surface area contributed by atoms with Gasteiger partial charge in [-0.15, -0.1) is 10.2 Å². The molecule has 0 saturated carbocycles. The zero-order valence-corrected chi connectivity index (χ0v) is 14.1. The molecule has 0 unspecified atom stereocenters. The summed E-state index contributed by atoms with van der Waals surface area (Å²) in [6, 6.07) is 16.7. The Morgan fingerprint density at radius 2 is 1.92 bits per heavy atom. The standard InChI is InChI=1S/C19H17FN4O2/c1-26-15-7-4-6-14(11-15)22-19(25)17-9-10-18(24-23-17)21-12-13-5-2-3-8-16(13)20/h2-11H,12H2,1H3,(H,21,24)(H,22,25). The van der Waals surface area contributed by atoms with Crippen LogP contribution in [0.1, 0.15) is 16.1 Å². The zero-order chi connectivity index (χ0) is 18.4. The van der Waals surface area contributed by atoms with E-state index in [1.165, 1.54) is 6.07 Å². The van der Waals surface area contributed by atoms with Gasteiger partial charge in [0.25, 0.3) is 5.91 Å². The number of carbonyl (C=O) groups is 1.